The molecule has 0 aromatic carbocycles. The quantitative estimate of drug-likeness (QED) is 0.599. The number of nitro groups is 1. The van der Waals surface area contributed by atoms with E-state index in [1.54, 1.807) is 13.0 Å². The Balaban J connectivity index is 2.92. The van der Waals surface area contributed by atoms with E-state index >= 15 is 0 Å². The SMILES string of the molecule is CCC(C)(CCO)Nc1cc(C)c([N+](=O)[O-])cn1. The number of rotatable bonds is 6. The lowest BCUT2D eigenvalue weighted by atomic mass is 9.95. The summed E-state index contributed by atoms with van der Waals surface area (Å²) >= 11 is 0. The highest BCUT2D eigenvalue weighted by atomic mass is 16.6. The summed E-state index contributed by atoms with van der Waals surface area (Å²) in [7, 11) is 0. The second-order valence-electron chi connectivity index (χ2n) is 4.63. The van der Waals surface area contributed by atoms with Crippen LogP contribution >= 0.6 is 0 Å². The van der Waals surface area contributed by atoms with Gasteiger partial charge in [0, 0.05) is 17.7 Å². The van der Waals surface area contributed by atoms with Gasteiger partial charge in [0.1, 0.15) is 12.0 Å². The molecule has 0 radical (unpaired) electrons. The van der Waals surface area contributed by atoms with E-state index in [9.17, 15) is 10.1 Å². The fraction of sp³-hybridized carbons (Fsp3) is 0.583. The molecule has 1 rings (SSSR count). The minimum atomic E-state index is -0.446. The molecule has 2 N–H and O–H groups in total. The smallest absolute Gasteiger partial charge is 0.290 e. The van der Waals surface area contributed by atoms with Crippen LogP contribution in [0.4, 0.5) is 11.5 Å². The summed E-state index contributed by atoms with van der Waals surface area (Å²) in [4.78, 5) is 14.3. The van der Waals surface area contributed by atoms with E-state index in [0.717, 1.165) is 6.42 Å². The first-order chi connectivity index (χ1) is 8.41. The molecule has 1 aromatic rings. The molecule has 0 spiro atoms. The van der Waals surface area contributed by atoms with Gasteiger partial charge in [-0.25, -0.2) is 4.98 Å². The number of anilines is 1. The minimum absolute atomic E-state index is 0.0147. The van der Waals surface area contributed by atoms with Crippen molar-refractivity contribution >= 4 is 11.5 Å². The van der Waals surface area contributed by atoms with Crippen LogP contribution in [0.3, 0.4) is 0 Å². The van der Waals surface area contributed by atoms with Crippen molar-refractivity contribution < 1.29 is 10.0 Å². The van der Waals surface area contributed by atoms with Gasteiger partial charge < -0.3 is 10.4 Å². The van der Waals surface area contributed by atoms with E-state index in [1.165, 1.54) is 6.20 Å². The maximum atomic E-state index is 10.7. The summed E-state index contributed by atoms with van der Waals surface area (Å²) in [6, 6.07) is 1.66. The van der Waals surface area contributed by atoms with Crippen LogP contribution < -0.4 is 5.32 Å². The largest absolute Gasteiger partial charge is 0.396 e. The molecule has 0 saturated carbocycles. The van der Waals surface area contributed by atoms with Gasteiger partial charge in [-0.15, -0.1) is 0 Å². The number of aliphatic hydroxyl groups is 1. The highest BCUT2D eigenvalue weighted by Gasteiger charge is 2.22. The highest BCUT2D eigenvalue weighted by molar-refractivity contribution is 5.48. The molecular formula is C12H19N3O3. The molecule has 0 aliphatic heterocycles. The second-order valence-corrected chi connectivity index (χ2v) is 4.63. The summed E-state index contributed by atoms with van der Waals surface area (Å²) in [6.07, 6.45) is 2.68. The molecule has 1 heterocycles. The van der Waals surface area contributed by atoms with Gasteiger partial charge in [-0.3, -0.25) is 10.1 Å². The number of nitrogens with one attached hydrogen (secondary N) is 1. The number of pyridine rings is 1. The van der Waals surface area contributed by atoms with Gasteiger partial charge in [0.2, 0.25) is 0 Å². The zero-order valence-corrected chi connectivity index (χ0v) is 10.9. The van der Waals surface area contributed by atoms with Crippen molar-refractivity contribution in [1.82, 2.24) is 4.98 Å². The number of nitrogens with zero attached hydrogens (tertiary/aromatic N) is 2. The minimum Gasteiger partial charge on any atom is -0.396 e. The maximum Gasteiger partial charge on any atom is 0.290 e. The van der Waals surface area contributed by atoms with Gasteiger partial charge in [-0.05, 0) is 32.8 Å². The molecule has 0 saturated heterocycles. The molecule has 0 aliphatic rings. The van der Waals surface area contributed by atoms with Crippen LogP contribution in [0.25, 0.3) is 0 Å². The van der Waals surface area contributed by atoms with Crippen molar-refractivity contribution in [1.29, 1.82) is 0 Å². The van der Waals surface area contributed by atoms with E-state index in [2.05, 4.69) is 10.3 Å². The Morgan fingerprint density at radius 3 is 2.72 bits per heavy atom. The van der Waals surface area contributed by atoms with Crippen molar-refractivity contribution in [3.05, 3.63) is 27.9 Å². The predicted molar refractivity (Wildman–Crippen MR) is 69.6 cm³/mol. The molecule has 1 aromatic heterocycles. The van der Waals surface area contributed by atoms with E-state index in [-0.39, 0.29) is 17.8 Å². The maximum absolute atomic E-state index is 10.7. The Labute approximate surface area is 106 Å². The average molecular weight is 253 g/mol. The third kappa shape index (κ3) is 3.40. The summed E-state index contributed by atoms with van der Waals surface area (Å²) in [5.41, 5.74) is 0.325. The number of hydrogen-bond acceptors (Lipinski definition) is 5. The molecule has 1 unspecified atom stereocenters. The van der Waals surface area contributed by atoms with Crippen LogP contribution in [0.1, 0.15) is 32.3 Å². The summed E-state index contributed by atoms with van der Waals surface area (Å²) < 4.78 is 0. The monoisotopic (exact) mass is 253 g/mol. The fourth-order valence-electron chi connectivity index (χ4n) is 1.69. The van der Waals surface area contributed by atoms with Gasteiger partial charge in [0.15, 0.2) is 0 Å². The van der Waals surface area contributed by atoms with Crippen LogP contribution in [0.15, 0.2) is 12.3 Å². The van der Waals surface area contributed by atoms with Gasteiger partial charge in [-0.1, -0.05) is 6.92 Å². The fourth-order valence-corrected chi connectivity index (χ4v) is 1.69. The van der Waals surface area contributed by atoms with E-state index in [1.807, 2.05) is 13.8 Å². The number of aromatic nitrogens is 1. The molecule has 6 nitrogen and oxygen atoms in total. The first-order valence-corrected chi connectivity index (χ1v) is 5.92. The van der Waals surface area contributed by atoms with Crippen molar-refractivity contribution in [3.8, 4) is 0 Å². The lowest BCUT2D eigenvalue weighted by Crippen LogP contribution is -2.35. The van der Waals surface area contributed by atoms with E-state index in [0.29, 0.717) is 17.8 Å². The standard InChI is InChI=1S/C12H19N3O3/c1-4-12(3,5-6-16)14-11-7-9(2)10(8-13-11)15(17)18/h7-8,16H,4-6H2,1-3H3,(H,13,14). The van der Waals surface area contributed by atoms with Crippen LogP contribution in [0, 0.1) is 17.0 Å². The number of aliphatic hydroxyl groups excluding tert-OH is 1. The van der Waals surface area contributed by atoms with Gasteiger partial charge in [0.05, 0.1) is 4.92 Å². The molecule has 100 valence electrons. The van der Waals surface area contributed by atoms with Gasteiger partial charge in [-0.2, -0.15) is 0 Å². The van der Waals surface area contributed by atoms with Crippen LogP contribution in [-0.2, 0) is 0 Å². The van der Waals surface area contributed by atoms with E-state index in [4.69, 9.17) is 5.11 Å². The Morgan fingerprint density at radius 2 is 2.28 bits per heavy atom. The lowest BCUT2D eigenvalue weighted by molar-refractivity contribution is -0.385. The third-order valence-electron chi connectivity index (χ3n) is 3.15. The summed E-state index contributed by atoms with van der Waals surface area (Å²) in [5.74, 6) is 0.593. The Kier molecular flexibility index (Phi) is 4.61. The van der Waals surface area contributed by atoms with Crippen molar-refractivity contribution in [2.75, 3.05) is 11.9 Å². The molecule has 18 heavy (non-hydrogen) atoms. The molecular weight excluding hydrogens is 234 g/mol. The van der Waals surface area contributed by atoms with Crippen molar-refractivity contribution in [2.45, 2.75) is 39.2 Å². The van der Waals surface area contributed by atoms with Crippen molar-refractivity contribution in [3.63, 3.8) is 0 Å². The molecule has 6 heteroatoms. The van der Waals surface area contributed by atoms with Crippen LogP contribution in [0.5, 0.6) is 0 Å². The summed E-state index contributed by atoms with van der Waals surface area (Å²) in [6.45, 7) is 5.77. The third-order valence-corrected chi connectivity index (χ3v) is 3.15. The Hall–Kier alpha value is -1.69. The number of aryl methyl sites for hydroxylation is 1. The van der Waals surface area contributed by atoms with Gasteiger partial charge in [0.25, 0.3) is 5.69 Å². The highest BCUT2D eigenvalue weighted by Crippen LogP contribution is 2.24. The second kappa shape index (κ2) is 5.77. The summed E-state index contributed by atoms with van der Waals surface area (Å²) in [5, 5.41) is 22.9. The Morgan fingerprint density at radius 1 is 1.61 bits per heavy atom. The van der Waals surface area contributed by atoms with Crippen LogP contribution in [0.2, 0.25) is 0 Å². The first-order valence-electron chi connectivity index (χ1n) is 5.92. The van der Waals surface area contributed by atoms with Crippen LogP contribution in [-0.4, -0.2) is 27.2 Å². The molecule has 0 fully saturated rings. The normalized spacial score (nSPS) is 14.0. The average Bonchev–Trinajstić information content (AvgIpc) is 2.28. The Bertz CT molecular complexity index is 437. The predicted octanol–water partition coefficient (Wildman–Crippen LogP) is 2.26. The van der Waals surface area contributed by atoms with Crippen molar-refractivity contribution in [2.24, 2.45) is 0 Å². The first kappa shape index (κ1) is 14.4. The lowest BCUT2D eigenvalue weighted by Gasteiger charge is -2.29. The zero-order valence-electron chi connectivity index (χ0n) is 10.9. The topological polar surface area (TPSA) is 88.3 Å². The van der Waals surface area contributed by atoms with Gasteiger partial charge >= 0.3 is 0 Å². The number of hydrogen-bond donors (Lipinski definition) is 2. The van der Waals surface area contributed by atoms with E-state index < -0.39 is 4.92 Å². The molecule has 0 bridgehead atoms. The molecule has 0 aliphatic carbocycles. The molecule has 0 amide bonds. The zero-order chi connectivity index (χ0) is 13.8. The molecule has 1 atom stereocenters.